The summed E-state index contributed by atoms with van der Waals surface area (Å²) in [4.78, 5) is 101. The van der Waals surface area contributed by atoms with Crippen molar-refractivity contribution >= 4 is 58.8 Å². The van der Waals surface area contributed by atoms with Crippen LogP contribution in [0.3, 0.4) is 0 Å². The van der Waals surface area contributed by atoms with E-state index in [1.54, 1.807) is 43.0 Å². The summed E-state index contributed by atoms with van der Waals surface area (Å²) in [6.45, 7) is 9.56. The van der Waals surface area contributed by atoms with Crippen molar-refractivity contribution in [2.45, 2.75) is 71.2 Å². The predicted molar refractivity (Wildman–Crippen MR) is 328 cm³/mol. The fourth-order valence-corrected chi connectivity index (χ4v) is 8.37. The number of primary amides is 1. The van der Waals surface area contributed by atoms with Gasteiger partial charge < -0.3 is 84.6 Å². The molecule has 4 aromatic rings. The van der Waals surface area contributed by atoms with Crippen LogP contribution >= 0.6 is 0 Å². The molecule has 0 saturated heterocycles. The quantitative estimate of drug-likeness (QED) is 0.00873. The molecule has 1 heterocycles. The number of carbonyl (C=O) groups is 7. The van der Waals surface area contributed by atoms with E-state index < -0.39 is 46.9 Å². The molecule has 0 aromatic heterocycles. The molecule has 0 spiro atoms. The van der Waals surface area contributed by atoms with Crippen molar-refractivity contribution in [2.75, 3.05) is 129 Å². The smallest absolute Gasteiger partial charge is 0.429 e. The van der Waals surface area contributed by atoms with Gasteiger partial charge in [-0.1, -0.05) is 68.2 Å². The first kappa shape index (κ1) is 72.2. The number of hydrogen-bond donors (Lipinski definition) is 6. The van der Waals surface area contributed by atoms with Gasteiger partial charge in [0.1, 0.15) is 24.4 Å². The van der Waals surface area contributed by atoms with Gasteiger partial charge in [0, 0.05) is 61.3 Å². The number of rotatable bonds is 44. The average Bonchev–Trinajstić information content (AvgIpc) is 1.12. The number of benzene rings is 4. The van der Waals surface area contributed by atoms with Crippen molar-refractivity contribution in [1.29, 1.82) is 0 Å². The lowest BCUT2D eigenvalue weighted by Crippen LogP contribution is -2.54. The Kier molecular flexibility index (Phi) is 34.0. The third kappa shape index (κ3) is 29.2. The lowest BCUT2D eigenvalue weighted by Gasteiger charge is -2.26. The maximum absolute atomic E-state index is 13.6. The Morgan fingerprint density at radius 1 is 0.589 bits per heavy atom. The number of carbonyl (C=O) groups excluding carboxylic acids is 7. The number of non-ortho nitro benzene ring substituents is 1. The normalized spacial score (nSPS) is 12.1. The third-order valence-corrected chi connectivity index (χ3v) is 13.1. The summed E-state index contributed by atoms with van der Waals surface area (Å²) in [5, 5.41) is 24.3. The molecule has 5 rings (SSSR count). The molecule has 2 atom stereocenters. The van der Waals surface area contributed by atoms with Crippen LogP contribution in [-0.2, 0) is 79.8 Å². The van der Waals surface area contributed by atoms with Gasteiger partial charge in [0.05, 0.1) is 123 Å². The highest BCUT2D eigenvalue weighted by Crippen LogP contribution is 2.26. The van der Waals surface area contributed by atoms with Crippen molar-refractivity contribution in [2.24, 2.45) is 11.7 Å². The Bertz CT molecular complexity index is 2940. The molecule has 0 fully saturated rings. The van der Waals surface area contributed by atoms with Crippen LogP contribution in [0.15, 0.2) is 97.1 Å². The van der Waals surface area contributed by atoms with Crippen LogP contribution in [0.5, 0.6) is 5.75 Å². The number of anilines is 2. The predicted octanol–water partition coefficient (Wildman–Crippen LogP) is 4.69. The second kappa shape index (κ2) is 42.4. The summed E-state index contributed by atoms with van der Waals surface area (Å²) in [5.41, 5.74) is 9.25. The van der Waals surface area contributed by atoms with Crippen LogP contribution < -0.4 is 42.0 Å². The van der Waals surface area contributed by atoms with Crippen molar-refractivity contribution in [3.8, 4) is 17.6 Å². The maximum Gasteiger partial charge on any atom is 0.514 e. The Balaban J connectivity index is 0.795. The van der Waals surface area contributed by atoms with Crippen LogP contribution in [0.2, 0.25) is 0 Å². The number of nitrogens with zero attached hydrogens (tertiary/aromatic N) is 2. The Hall–Kier alpha value is -8.59. The molecule has 1 aliphatic rings. The zero-order valence-corrected chi connectivity index (χ0v) is 50.9. The summed E-state index contributed by atoms with van der Waals surface area (Å²) >= 11 is 0. The molecule has 4 aromatic carbocycles. The number of urea groups is 1. The standard InChI is InChI=1S/C63H82N8O19/c1-46(2)59(61(76)68-54(11-7-26-66-62(64)77)60(75)67-51-17-13-47(14-18-51)45-89-63(78)90-53-21-19-52(20-22-53)71(79)80)69-57(73)25-28-81-30-32-83-34-36-85-38-40-87-42-43-88-41-39-86-37-35-84-33-31-82-29-27-65-56(72)23-24-58(74)70-44-50-10-4-3-8-48(50)15-16-49-9-5-6-12-55(49)70/h3-6,8-10,12-14,17-22,46,54,59H,7,11,23-45H2,1-2H3,(H,65,72)(H,67,75)(H,68,76)(H,69,73)(H3,64,66,77)/t54-,59-/m0/s1. The van der Waals surface area contributed by atoms with E-state index >= 15 is 0 Å². The van der Waals surface area contributed by atoms with E-state index in [1.165, 1.54) is 24.3 Å². The van der Waals surface area contributed by atoms with Crippen molar-refractivity contribution in [3.05, 3.63) is 129 Å². The molecule has 27 nitrogen and oxygen atoms in total. The minimum Gasteiger partial charge on any atom is -0.429 e. The van der Waals surface area contributed by atoms with Gasteiger partial charge in [-0.3, -0.25) is 34.1 Å². The number of nitro benzene ring substituents is 1. The van der Waals surface area contributed by atoms with Crippen LogP contribution in [0, 0.1) is 27.9 Å². The molecule has 0 unspecified atom stereocenters. The fourth-order valence-electron chi connectivity index (χ4n) is 8.37. The van der Waals surface area contributed by atoms with Gasteiger partial charge in [0.15, 0.2) is 0 Å². The molecule has 27 heteroatoms. The van der Waals surface area contributed by atoms with Gasteiger partial charge in [-0.05, 0) is 72.4 Å². The Labute approximate surface area is 523 Å². The van der Waals surface area contributed by atoms with Crippen molar-refractivity contribution < 1.29 is 85.9 Å². The van der Waals surface area contributed by atoms with Crippen LogP contribution in [0.4, 0.5) is 26.7 Å². The average molecular weight is 1260 g/mol. The van der Waals surface area contributed by atoms with Gasteiger partial charge in [0.25, 0.3) is 5.69 Å². The van der Waals surface area contributed by atoms with E-state index in [9.17, 15) is 43.7 Å². The first-order valence-electron chi connectivity index (χ1n) is 29.7. The van der Waals surface area contributed by atoms with Crippen LogP contribution in [0.25, 0.3) is 0 Å². The lowest BCUT2D eigenvalue weighted by atomic mass is 10.0. The number of hydrogen-bond acceptors (Lipinski definition) is 19. The van der Waals surface area contributed by atoms with E-state index in [1.807, 2.05) is 48.5 Å². The number of fused-ring (bicyclic) bond motifs is 2. The summed E-state index contributed by atoms with van der Waals surface area (Å²) in [6.07, 6.45) is -0.565. The number of ether oxygens (including phenoxy) is 10. The molecular formula is C63H82N8O19. The van der Waals surface area contributed by atoms with Gasteiger partial charge in [-0.15, -0.1) is 0 Å². The number of para-hydroxylation sites is 1. The monoisotopic (exact) mass is 1250 g/mol. The molecular weight excluding hydrogens is 1170 g/mol. The second-order valence-electron chi connectivity index (χ2n) is 20.3. The van der Waals surface area contributed by atoms with E-state index in [0.717, 1.165) is 22.4 Å². The largest absolute Gasteiger partial charge is 0.514 e. The van der Waals surface area contributed by atoms with Crippen molar-refractivity contribution in [3.63, 3.8) is 0 Å². The number of nitrogens with one attached hydrogen (secondary N) is 5. The zero-order valence-electron chi connectivity index (χ0n) is 50.9. The molecule has 0 saturated carbocycles. The second-order valence-corrected chi connectivity index (χ2v) is 20.3. The van der Waals surface area contributed by atoms with Gasteiger partial charge >= 0.3 is 12.2 Å². The number of nitrogens with two attached hydrogens (primary N) is 1. The summed E-state index contributed by atoms with van der Waals surface area (Å²) < 4.78 is 54.5. The highest BCUT2D eigenvalue weighted by Gasteiger charge is 2.29. The minimum atomic E-state index is -1.08. The molecule has 0 radical (unpaired) electrons. The molecule has 0 aliphatic carbocycles. The van der Waals surface area contributed by atoms with Crippen LogP contribution in [0.1, 0.15) is 68.2 Å². The van der Waals surface area contributed by atoms with E-state index in [-0.39, 0.29) is 94.2 Å². The van der Waals surface area contributed by atoms with Crippen molar-refractivity contribution in [1.82, 2.24) is 21.3 Å². The van der Waals surface area contributed by atoms with E-state index in [2.05, 4.69) is 38.4 Å². The fraction of sp³-hybridized carbons (Fsp3) is 0.476. The summed E-state index contributed by atoms with van der Waals surface area (Å²) in [5.74, 6) is 4.10. The molecule has 90 heavy (non-hydrogen) atoms. The summed E-state index contributed by atoms with van der Waals surface area (Å²) in [7, 11) is 0. The number of nitro groups is 1. The highest BCUT2D eigenvalue weighted by atomic mass is 16.7. The highest BCUT2D eigenvalue weighted by molar-refractivity contribution is 5.99. The first-order valence-corrected chi connectivity index (χ1v) is 29.7. The lowest BCUT2D eigenvalue weighted by molar-refractivity contribution is -0.384. The minimum absolute atomic E-state index is 0.0383. The van der Waals surface area contributed by atoms with Gasteiger partial charge in [-0.2, -0.15) is 0 Å². The molecule has 7 amide bonds. The maximum atomic E-state index is 13.6. The molecule has 0 bridgehead atoms. The topological polar surface area (TPSA) is 344 Å². The summed E-state index contributed by atoms with van der Waals surface area (Å²) in [6, 6.07) is 23.7. The molecule has 7 N–H and O–H groups in total. The van der Waals surface area contributed by atoms with E-state index in [0.29, 0.717) is 110 Å². The Morgan fingerprint density at radius 3 is 1.71 bits per heavy atom. The van der Waals surface area contributed by atoms with Gasteiger partial charge in [0.2, 0.25) is 29.5 Å². The van der Waals surface area contributed by atoms with Crippen LogP contribution in [-0.4, -0.2) is 178 Å². The SMILES string of the molecule is CC(C)[C@H](NC(=O)CCOCCOCCOCCOCCOCCOCCOCCOCCNC(=O)CCC(=O)N1Cc2ccccc2C#Cc2ccccc21)C(=O)N[C@@H](CCCNC(N)=O)C(=O)Nc1ccc(COC(=O)Oc2ccc([N+](=O)[O-])cc2)cc1. The number of amides is 7. The molecule has 1 aliphatic heterocycles. The third-order valence-electron chi connectivity index (χ3n) is 13.1. The Morgan fingerprint density at radius 2 is 1.13 bits per heavy atom. The van der Waals surface area contributed by atoms with Gasteiger partial charge in [-0.25, -0.2) is 9.59 Å². The van der Waals surface area contributed by atoms with E-state index in [4.69, 9.17) is 53.1 Å². The first-order chi connectivity index (χ1) is 43.7. The molecule has 488 valence electrons. The zero-order chi connectivity index (χ0) is 64.6.